The number of benzene rings is 1. The molecule has 16 heavy (non-hydrogen) atoms. The van der Waals surface area contributed by atoms with Crippen LogP contribution in [0.25, 0.3) is 0 Å². The minimum atomic E-state index is -2.02. The fourth-order valence-corrected chi connectivity index (χ4v) is 4.30. The molecule has 0 N–H and O–H groups in total. The average molecular weight is 304 g/mol. The summed E-state index contributed by atoms with van der Waals surface area (Å²) in [6.45, 7) is 0. The molecule has 0 atom stereocenters. The van der Waals surface area contributed by atoms with Crippen LogP contribution in [0.2, 0.25) is 0 Å². The molecule has 0 radical (unpaired) electrons. The Morgan fingerprint density at radius 2 is 2.06 bits per heavy atom. The van der Waals surface area contributed by atoms with Gasteiger partial charge in [0.15, 0.2) is 0 Å². The fraction of sp³-hybridized carbons (Fsp3) is 0.455. The molecule has 1 heterocycles. The molecule has 1 saturated heterocycles. The molecule has 0 amide bonds. The van der Waals surface area contributed by atoms with Gasteiger partial charge < -0.3 is 4.74 Å². The van der Waals surface area contributed by atoms with E-state index in [1.165, 1.54) is 0 Å². The quantitative estimate of drug-likeness (QED) is 0.840. The second-order valence-electron chi connectivity index (χ2n) is 3.80. The highest BCUT2D eigenvalue weighted by Crippen LogP contribution is 2.32. The van der Waals surface area contributed by atoms with Crippen molar-refractivity contribution in [3.05, 3.63) is 22.7 Å². The SMILES string of the molecule is COc1cc(Br)ccc1N=S1(=O)CCCC1. The molecule has 0 aromatic heterocycles. The van der Waals surface area contributed by atoms with E-state index in [0.717, 1.165) is 17.3 Å². The second kappa shape index (κ2) is 4.75. The second-order valence-corrected chi connectivity index (χ2v) is 7.26. The zero-order valence-corrected chi connectivity index (χ0v) is 11.5. The highest BCUT2D eigenvalue weighted by molar-refractivity contribution is 9.10. The van der Waals surface area contributed by atoms with Gasteiger partial charge in [-0.3, -0.25) is 0 Å². The van der Waals surface area contributed by atoms with E-state index in [9.17, 15) is 4.21 Å². The Labute approximate surface area is 105 Å². The Balaban J connectivity index is 2.45. The van der Waals surface area contributed by atoms with Gasteiger partial charge >= 0.3 is 0 Å². The molecule has 0 saturated carbocycles. The van der Waals surface area contributed by atoms with E-state index in [1.807, 2.05) is 18.2 Å². The van der Waals surface area contributed by atoms with E-state index in [0.29, 0.717) is 22.9 Å². The summed E-state index contributed by atoms with van der Waals surface area (Å²) in [7, 11) is -0.423. The Bertz CT molecular complexity index is 495. The maximum absolute atomic E-state index is 12.3. The lowest BCUT2D eigenvalue weighted by atomic mass is 10.3. The Hall–Kier alpha value is -0.550. The number of hydrogen-bond donors (Lipinski definition) is 0. The van der Waals surface area contributed by atoms with Gasteiger partial charge in [0, 0.05) is 16.0 Å². The third kappa shape index (κ3) is 2.58. The minimum absolute atomic E-state index is 0.670. The molecule has 0 unspecified atom stereocenters. The Morgan fingerprint density at radius 1 is 1.38 bits per heavy atom. The third-order valence-electron chi connectivity index (χ3n) is 2.58. The Morgan fingerprint density at radius 3 is 2.69 bits per heavy atom. The highest BCUT2D eigenvalue weighted by Gasteiger charge is 2.17. The Kier molecular flexibility index (Phi) is 3.54. The van der Waals surface area contributed by atoms with Crippen molar-refractivity contribution >= 4 is 31.3 Å². The number of hydrogen-bond acceptors (Lipinski definition) is 3. The van der Waals surface area contributed by atoms with Gasteiger partial charge in [0.1, 0.15) is 11.4 Å². The van der Waals surface area contributed by atoms with Crippen LogP contribution in [0.15, 0.2) is 27.0 Å². The number of ether oxygens (including phenoxy) is 1. The van der Waals surface area contributed by atoms with Crippen LogP contribution in [0, 0.1) is 0 Å². The molecule has 3 nitrogen and oxygen atoms in total. The van der Waals surface area contributed by atoms with Crippen molar-refractivity contribution in [1.82, 2.24) is 0 Å². The molecular weight excluding hydrogens is 290 g/mol. The molecule has 0 bridgehead atoms. The van der Waals surface area contributed by atoms with E-state index in [4.69, 9.17) is 4.74 Å². The topological polar surface area (TPSA) is 38.7 Å². The maximum atomic E-state index is 12.3. The number of methoxy groups -OCH3 is 1. The van der Waals surface area contributed by atoms with E-state index in [-0.39, 0.29) is 0 Å². The summed E-state index contributed by atoms with van der Waals surface area (Å²) in [6, 6.07) is 5.57. The molecular formula is C11H14BrNO2S. The third-order valence-corrected chi connectivity index (χ3v) is 5.46. The van der Waals surface area contributed by atoms with E-state index in [1.54, 1.807) is 7.11 Å². The van der Waals surface area contributed by atoms with Crippen molar-refractivity contribution in [3.63, 3.8) is 0 Å². The summed E-state index contributed by atoms with van der Waals surface area (Å²) in [5.41, 5.74) is 0.692. The van der Waals surface area contributed by atoms with Crippen molar-refractivity contribution in [3.8, 4) is 5.75 Å². The summed E-state index contributed by atoms with van der Waals surface area (Å²) in [4.78, 5) is 0. The predicted octanol–water partition coefficient (Wildman–Crippen LogP) is 3.35. The van der Waals surface area contributed by atoms with Crippen LogP contribution in [0.4, 0.5) is 5.69 Å². The number of nitrogens with zero attached hydrogens (tertiary/aromatic N) is 1. The van der Waals surface area contributed by atoms with Crippen molar-refractivity contribution < 1.29 is 8.95 Å². The van der Waals surface area contributed by atoms with E-state index in [2.05, 4.69) is 20.3 Å². The van der Waals surface area contributed by atoms with Gasteiger partial charge in [-0.2, -0.15) is 4.36 Å². The smallest absolute Gasteiger partial charge is 0.146 e. The van der Waals surface area contributed by atoms with Gasteiger partial charge in [-0.25, -0.2) is 4.21 Å². The molecule has 1 aliphatic rings. The molecule has 0 aliphatic carbocycles. The molecule has 5 heteroatoms. The first-order chi connectivity index (χ1) is 7.63. The maximum Gasteiger partial charge on any atom is 0.146 e. The lowest BCUT2D eigenvalue weighted by Gasteiger charge is -2.06. The number of halogens is 1. The fourth-order valence-electron chi connectivity index (χ4n) is 1.75. The summed E-state index contributed by atoms with van der Waals surface area (Å²) in [6.07, 6.45) is 2.03. The van der Waals surface area contributed by atoms with Gasteiger partial charge in [0.05, 0.1) is 16.8 Å². The van der Waals surface area contributed by atoms with Crippen molar-refractivity contribution in [2.45, 2.75) is 12.8 Å². The molecule has 1 aromatic rings. The van der Waals surface area contributed by atoms with Crippen LogP contribution >= 0.6 is 15.9 Å². The molecule has 88 valence electrons. The molecule has 2 rings (SSSR count). The minimum Gasteiger partial charge on any atom is -0.494 e. The first-order valence-corrected chi connectivity index (χ1v) is 7.84. The van der Waals surface area contributed by atoms with E-state index < -0.39 is 9.73 Å². The highest BCUT2D eigenvalue weighted by atomic mass is 79.9. The van der Waals surface area contributed by atoms with Crippen molar-refractivity contribution in [2.75, 3.05) is 18.6 Å². The van der Waals surface area contributed by atoms with Crippen LogP contribution in [0.5, 0.6) is 5.75 Å². The molecule has 1 aliphatic heterocycles. The molecule has 0 spiro atoms. The normalized spacial score (nSPS) is 18.4. The van der Waals surface area contributed by atoms with Gasteiger partial charge in [-0.15, -0.1) is 0 Å². The van der Waals surface area contributed by atoms with Gasteiger partial charge in [-0.1, -0.05) is 15.9 Å². The summed E-state index contributed by atoms with van der Waals surface area (Å²) in [5.74, 6) is 2.10. The summed E-state index contributed by atoms with van der Waals surface area (Å²) < 4.78 is 22.8. The van der Waals surface area contributed by atoms with Crippen molar-refractivity contribution in [2.24, 2.45) is 4.36 Å². The molecule has 1 fully saturated rings. The average Bonchev–Trinajstić information content (AvgIpc) is 2.68. The van der Waals surface area contributed by atoms with Crippen LogP contribution in [0.3, 0.4) is 0 Å². The first kappa shape index (κ1) is 11.9. The zero-order chi connectivity index (χ0) is 11.6. The lowest BCUT2D eigenvalue weighted by Crippen LogP contribution is -1.99. The summed E-state index contributed by atoms with van der Waals surface area (Å²) in [5, 5.41) is 0. The predicted molar refractivity (Wildman–Crippen MR) is 69.9 cm³/mol. The largest absolute Gasteiger partial charge is 0.494 e. The van der Waals surface area contributed by atoms with E-state index >= 15 is 0 Å². The van der Waals surface area contributed by atoms with Crippen LogP contribution in [-0.4, -0.2) is 22.8 Å². The van der Waals surface area contributed by atoms with Gasteiger partial charge in [-0.05, 0) is 31.0 Å². The van der Waals surface area contributed by atoms with Crippen LogP contribution in [-0.2, 0) is 9.73 Å². The van der Waals surface area contributed by atoms with Gasteiger partial charge in [0.2, 0.25) is 0 Å². The first-order valence-electron chi connectivity index (χ1n) is 5.19. The lowest BCUT2D eigenvalue weighted by molar-refractivity contribution is 0.416. The van der Waals surface area contributed by atoms with Crippen LogP contribution < -0.4 is 4.74 Å². The van der Waals surface area contributed by atoms with Crippen LogP contribution in [0.1, 0.15) is 12.8 Å². The van der Waals surface area contributed by atoms with Crippen molar-refractivity contribution in [1.29, 1.82) is 0 Å². The standard InChI is InChI=1S/C11H14BrNO2S/c1-15-11-8-9(12)4-5-10(11)13-16(14)6-2-3-7-16/h4-5,8H,2-3,6-7H2,1H3. The van der Waals surface area contributed by atoms with Gasteiger partial charge in [0.25, 0.3) is 0 Å². The molecule has 1 aromatic carbocycles. The summed E-state index contributed by atoms with van der Waals surface area (Å²) >= 11 is 3.37. The number of rotatable bonds is 2. The monoisotopic (exact) mass is 303 g/mol. The zero-order valence-electron chi connectivity index (χ0n) is 9.11.